The Bertz CT molecular complexity index is 3290. The second-order valence-corrected chi connectivity index (χ2v) is 13.8. The zero-order valence-electron chi connectivity index (χ0n) is 29.0. The lowest BCUT2D eigenvalue weighted by Crippen LogP contribution is -1.90. The van der Waals surface area contributed by atoms with Crippen LogP contribution in [0.15, 0.2) is 176 Å². The van der Waals surface area contributed by atoms with Crippen molar-refractivity contribution >= 4 is 65.2 Å². The minimum Gasteiger partial charge on any atom is -0.264 e. The van der Waals surface area contributed by atoms with Crippen molar-refractivity contribution in [3.05, 3.63) is 176 Å². The van der Waals surface area contributed by atoms with Gasteiger partial charge in [0.25, 0.3) is 0 Å². The summed E-state index contributed by atoms with van der Waals surface area (Å²) in [6, 6.07) is 55.5. The monoisotopic (exact) mass is 687 g/mol. The topological polar surface area (TPSA) is 64.5 Å². The van der Waals surface area contributed by atoms with E-state index in [1.54, 1.807) is 0 Å². The van der Waals surface area contributed by atoms with Gasteiger partial charge in [0.15, 0.2) is 0 Å². The number of fused-ring (bicyclic) bond motifs is 7. The smallest absolute Gasteiger partial charge is 0.0972 e. The molecule has 0 radical (unpaired) electrons. The van der Waals surface area contributed by atoms with Gasteiger partial charge in [-0.2, -0.15) is 0 Å². The average molecular weight is 688 g/mol. The SMILES string of the molecule is c1cc(-c2ccc3ccc(-c4ccc5nc(-c6ccc7cc(-c8ccc9ccc%10cccnc%10c9n8)ccc7c6)ccc5c4)cc3n2)c2cnccc2c1. The largest absolute Gasteiger partial charge is 0.264 e. The number of hydrogen-bond acceptors (Lipinski definition) is 5. The number of pyridine rings is 5. The van der Waals surface area contributed by atoms with Crippen molar-refractivity contribution in [1.82, 2.24) is 24.9 Å². The molecule has 250 valence electrons. The van der Waals surface area contributed by atoms with Crippen LogP contribution in [0.1, 0.15) is 0 Å². The summed E-state index contributed by atoms with van der Waals surface area (Å²) in [5.74, 6) is 0. The number of hydrogen-bond donors (Lipinski definition) is 0. The Morgan fingerprint density at radius 3 is 1.81 bits per heavy atom. The van der Waals surface area contributed by atoms with E-state index in [0.717, 1.165) is 110 Å². The molecule has 5 aromatic heterocycles. The van der Waals surface area contributed by atoms with Gasteiger partial charge in [-0.15, -0.1) is 0 Å². The van der Waals surface area contributed by atoms with Gasteiger partial charge < -0.3 is 0 Å². The predicted molar refractivity (Wildman–Crippen MR) is 222 cm³/mol. The van der Waals surface area contributed by atoms with Gasteiger partial charge in [0.1, 0.15) is 0 Å². The summed E-state index contributed by atoms with van der Waals surface area (Å²) in [6.07, 6.45) is 5.58. The number of rotatable bonds is 4. The lowest BCUT2D eigenvalue weighted by Gasteiger charge is -2.10. The lowest BCUT2D eigenvalue weighted by molar-refractivity contribution is 1.35. The second kappa shape index (κ2) is 12.1. The molecule has 0 bridgehead atoms. The highest BCUT2D eigenvalue weighted by Gasteiger charge is 2.11. The van der Waals surface area contributed by atoms with Gasteiger partial charge >= 0.3 is 0 Å². The van der Waals surface area contributed by atoms with E-state index >= 15 is 0 Å². The first-order valence-corrected chi connectivity index (χ1v) is 18.0. The highest BCUT2D eigenvalue weighted by Crippen LogP contribution is 2.33. The normalized spacial score (nSPS) is 11.7. The molecule has 6 aromatic carbocycles. The molecular formula is C49H29N5. The third-order valence-corrected chi connectivity index (χ3v) is 10.5. The Hall–Kier alpha value is -7.37. The molecule has 11 rings (SSSR count). The van der Waals surface area contributed by atoms with Crippen LogP contribution in [0.25, 0.3) is 110 Å². The molecule has 0 amide bonds. The van der Waals surface area contributed by atoms with E-state index in [0.29, 0.717) is 0 Å². The van der Waals surface area contributed by atoms with Crippen LogP contribution < -0.4 is 0 Å². The zero-order chi connectivity index (χ0) is 35.6. The zero-order valence-corrected chi connectivity index (χ0v) is 29.0. The van der Waals surface area contributed by atoms with Crippen molar-refractivity contribution in [2.75, 3.05) is 0 Å². The number of aromatic nitrogens is 5. The first-order valence-electron chi connectivity index (χ1n) is 18.0. The molecule has 5 heterocycles. The number of benzene rings is 6. The molecule has 0 aliphatic rings. The summed E-state index contributed by atoms with van der Waals surface area (Å²) >= 11 is 0. The molecule has 0 unspecified atom stereocenters. The molecule has 54 heavy (non-hydrogen) atoms. The van der Waals surface area contributed by atoms with Gasteiger partial charge in [-0.05, 0) is 87.9 Å². The van der Waals surface area contributed by atoms with E-state index in [2.05, 4.69) is 156 Å². The molecule has 0 spiro atoms. The molecular weight excluding hydrogens is 659 g/mol. The van der Waals surface area contributed by atoms with Gasteiger partial charge in [-0.25, -0.2) is 15.0 Å². The minimum atomic E-state index is 0.925. The molecule has 0 aliphatic heterocycles. The molecule has 0 N–H and O–H groups in total. The Labute approximate surface area is 310 Å². The Morgan fingerprint density at radius 1 is 0.333 bits per heavy atom. The van der Waals surface area contributed by atoms with Crippen molar-refractivity contribution in [3.8, 4) is 44.9 Å². The maximum absolute atomic E-state index is 5.11. The summed E-state index contributed by atoms with van der Waals surface area (Å²) in [5, 5.41) is 8.96. The molecule has 11 aromatic rings. The van der Waals surface area contributed by atoms with Gasteiger partial charge in [0.05, 0.1) is 39.1 Å². The molecule has 0 saturated heterocycles. The third-order valence-electron chi connectivity index (χ3n) is 10.5. The van der Waals surface area contributed by atoms with E-state index in [4.69, 9.17) is 15.0 Å². The van der Waals surface area contributed by atoms with Crippen LogP contribution >= 0.6 is 0 Å². The van der Waals surface area contributed by atoms with Crippen LogP contribution in [-0.4, -0.2) is 24.9 Å². The van der Waals surface area contributed by atoms with Gasteiger partial charge in [0.2, 0.25) is 0 Å². The van der Waals surface area contributed by atoms with E-state index in [1.165, 1.54) is 0 Å². The molecule has 5 nitrogen and oxygen atoms in total. The number of nitrogens with zero attached hydrogens (tertiary/aromatic N) is 5. The van der Waals surface area contributed by atoms with Crippen molar-refractivity contribution in [2.24, 2.45) is 0 Å². The molecule has 0 fully saturated rings. The Kier molecular flexibility index (Phi) is 6.79. The third kappa shape index (κ3) is 5.13. The quantitative estimate of drug-likeness (QED) is 0.172. The maximum Gasteiger partial charge on any atom is 0.0972 e. The minimum absolute atomic E-state index is 0.925. The van der Waals surface area contributed by atoms with Crippen LogP contribution in [0.3, 0.4) is 0 Å². The highest BCUT2D eigenvalue weighted by molar-refractivity contribution is 6.04. The summed E-state index contributed by atoms with van der Waals surface area (Å²) in [7, 11) is 0. The van der Waals surface area contributed by atoms with E-state index in [9.17, 15) is 0 Å². The maximum atomic E-state index is 5.11. The van der Waals surface area contributed by atoms with Crippen LogP contribution in [0, 0.1) is 0 Å². The fourth-order valence-electron chi connectivity index (χ4n) is 7.70. The molecule has 0 saturated carbocycles. The van der Waals surface area contributed by atoms with Crippen LogP contribution in [0.2, 0.25) is 0 Å². The fraction of sp³-hybridized carbons (Fsp3) is 0. The first kappa shape index (κ1) is 30.3. The van der Waals surface area contributed by atoms with E-state index < -0.39 is 0 Å². The summed E-state index contributed by atoms with van der Waals surface area (Å²) in [6.45, 7) is 0. The molecule has 0 atom stereocenters. The highest BCUT2D eigenvalue weighted by atomic mass is 14.8. The van der Waals surface area contributed by atoms with Crippen LogP contribution in [0.4, 0.5) is 0 Å². The second-order valence-electron chi connectivity index (χ2n) is 13.8. The van der Waals surface area contributed by atoms with Gasteiger partial charge in [-0.3, -0.25) is 9.97 Å². The predicted octanol–water partition coefficient (Wildman–Crippen LogP) is 12.2. The van der Waals surface area contributed by atoms with Crippen LogP contribution in [0.5, 0.6) is 0 Å². The van der Waals surface area contributed by atoms with Gasteiger partial charge in [0, 0.05) is 62.2 Å². The molecule has 0 aliphatic carbocycles. The van der Waals surface area contributed by atoms with Crippen molar-refractivity contribution in [1.29, 1.82) is 0 Å². The standard InChI is InChI=1S/C49H29N5/c1-3-30-22-24-50-29-42(30)41(5-1)46-21-14-31-6-9-37(28-47(31)53-46)36-16-19-43-40(27-36)17-20-44(52-43)38-12-10-35-26-39(13-11-34(35)25-38)45-18-15-33-8-7-32-4-2-23-51-48(32)49(33)54-45/h1-29H. The lowest BCUT2D eigenvalue weighted by atomic mass is 9.99. The van der Waals surface area contributed by atoms with Gasteiger partial charge in [-0.1, -0.05) is 97.1 Å². The average Bonchev–Trinajstić information content (AvgIpc) is 3.24. The van der Waals surface area contributed by atoms with Crippen LogP contribution in [-0.2, 0) is 0 Å². The Balaban J connectivity index is 0.893. The Morgan fingerprint density at radius 2 is 0.944 bits per heavy atom. The molecule has 5 heteroatoms. The summed E-state index contributed by atoms with van der Waals surface area (Å²) < 4.78 is 0. The van der Waals surface area contributed by atoms with E-state index in [1.807, 2.05) is 30.7 Å². The van der Waals surface area contributed by atoms with Crippen molar-refractivity contribution in [2.45, 2.75) is 0 Å². The summed E-state index contributed by atoms with van der Waals surface area (Å²) in [5.41, 5.74) is 12.1. The van der Waals surface area contributed by atoms with Crippen molar-refractivity contribution in [3.63, 3.8) is 0 Å². The van der Waals surface area contributed by atoms with E-state index in [-0.39, 0.29) is 0 Å². The first-order chi connectivity index (χ1) is 26.7. The fourth-order valence-corrected chi connectivity index (χ4v) is 7.70. The van der Waals surface area contributed by atoms with Crippen molar-refractivity contribution < 1.29 is 0 Å². The summed E-state index contributed by atoms with van der Waals surface area (Å²) in [4.78, 5) is 24.2.